The van der Waals surface area contributed by atoms with Crippen molar-refractivity contribution in [2.24, 2.45) is 5.92 Å². The summed E-state index contributed by atoms with van der Waals surface area (Å²) in [5, 5.41) is 12.6. The van der Waals surface area contributed by atoms with Crippen LogP contribution in [0.1, 0.15) is 18.4 Å². The molecule has 0 radical (unpaired) electrons. The highest BCUT2D eigenvalue weighted by atomic mass is 16.5. The zero-order valence-electron chi connectivity index (χ0n) is 16.9. The fourth-order valence-corrected chi connectivity index (χ4v) is 3.45. The molecule has 1 aliphatic heterocycles. The molecule has 0 aliphatic carbocycles. The number of nitrogens with zero attached hydrogens (tertiary/aromatic N) is 1. The molecule has 154 valence electrons. The summed E-state index contributed by atoms with van der Waals surface area (Å²) in [6.07, 6.45) is 5.45. The van der Waals surface area contributed by atoms with E-state index < -0.39 is 0 Å². The van der Waals surface area contributed by atoms with Crippen LogP contribution in [0.3, 0.4) is 0 Å². The summed E-state index contributed by atoms with van der Waals surface area (Å²) in [6.45, 7) is 2.90. The normalized spacial score (nSPS) is 17.2. The summed E-state index contributed by atoms with van der Waals surface area (Å²) >= 11 is 0. The number of piperidine rings is 1. The lowest BCUT2D eigenvalue weighted by Gasteiger charge is -2.29. The highest BCUT2D eigenvalue weighted by Gasteiger charge is 2.17. The van der Waals surface area contributed by atoms with Gasteiger partial charge in [0.05, 0.1) is 13.7 Å². The Hall–Kier alpha value is -2.99. The van der Waals surface area contributed by atoms with Crippen molar-refractivity contribution in [2.75, 3.05) is 39.2 Å². The van der Waals surface area contributed by atoms with Crippen LogP contribution < -0.4 is 14.8 Å². The molecule has 6 nitrogen and oxygen atoms in total. The number of methoxy groups -OCH3 is 1. The van der Waals surface area contributed by atoms with Crippen LogP contribution in [0.5, 0.6) is 17.2 Å². The summed E-state index contributed by atoms with van der Waals surface area (Å²) in [4.78, 5) is 14.6. The maximum absolute atomic E-state index is 12.2. The molecule has 1 heterocycles. The maximum Gasteiger partial charge on any atom is 0.248 e. The zero-order chi connectivity index (χ0) is 20.6. The third-order valence-electron chi connectivity index (χ3n) is 4.94. The van der Waals surface area contributed by atoms with Crippen LogP contribution in [0.15, 0.2) is 48.5 Å². The number of hydrogen-bond acceptors (Lipinski definition) is 5. The number of phenolic OH excluding ortho intramolecular Hbond substituents is 1. The van der Waals surface area contributed by atoms with Crippen LogP contribution in [0.4, 0.5) is 5.69 Å². The van der Waals surface area contributed by atoms with Crippen molar-refractivity contribution >= 4 is 17.7 Å². The second-order valence-electron chi connectivity index (χ2n) is 7.36. The summed E-state index contributed by atoms with van der Waals surface area (Å²) in [5.41, 5.74) is 1.38. The minimum Gasteiger partial charge on any atom is -0.504 e. The quantitative estimate of drug-likeness (QED) is 0.697. The van der Waals surface area contributed by atoms with E-state index in [0.717, 1.165) is 18.8 Å². The number of ether oxygens (including phenoxy) is 2. The topological polar surface area (TPSA) is 71.0 Å². The van der Waals surface area contributed by atoms with E-state index in [1.54, 1.807) is 24.3 Å². The number of phenols is 1. The third-order valence-corrected chi connectivity index (χ3v) is 4.94. The number of aromatic hydroxyl groups is 1. The fourth-order valence-electron chi connectivity index (χ4n) is 3.45. The number of amides is 1. The number of likely N-dealkylation sites (tertiary alicyclic amines) is 1. The van der Waals surface area contributed by atoms with Gasteiger partial charge in [-0.25, -0.2) is 0 Å². The molecule has 2 aromatic carbocycles. The lowest BCUT2D eigenvalue weighted by atomic mass is 10.00. The molecular weight excluding hydrogens is 368 g/mol. The predicted molar refractivity (Wildman–Crippen MR) is 114 cm³/mol. The molecule has 1 atom stereocenters. The van der Waals surface area contributed by atoms with E-state index in [0.29, 0.717) is 29.5 Å². The van der Waals surface area contributed by atoms with Gasteiger partial charge in [-0.2, -0.15) is 0 Å². The van der Waals surface area contributed by atoms with Crippen LogP contribution in [-0.4, -0.2) is 49.8 Å². The minimum atomic E-state index is -0.258. The lowest BCUT2D eigenvalue weighted by molar-refractivity contribution is -0.111. The van der Waals surface area contributed by atoms with Crippen molar-refractivity contribution in [3.05, 3.63) is 54.1 Å². The highest BCUT2D eigenvalue weighted by Crippen LogP contribution is 2.26. The largest absolute Gasteiger partial charge is 0.504 e. The molecule has 0 aromatic heterocycles. The van der Waals surface area contributed by atoms with Crippen molar-refractivity contribution in [2.45, 2.75) is 12.8 Å². The predicted octanol–water partition coefficient (Wildman–Crippen LogP) is 3.77. The number of hydrogen-bond donors (Lipinski definition) is 2. The Morgan fingerprint density at radius 1 is 1.31 bits per heavy atom. The number of rotatable bonds is 7. The molecule has 1 aliphatic rings. The van der Waals surface area contributed by atoms with Gasteiger partial charge in [0.2, 0.25) is 5.91 Å². The Balaban J connectivity index is 1.53. The number of benzene rings is 2. The first-order chi connectivity index (χ1) is 14.0. The molecule has 3 rings (SSSR count). The molecule has 1 unspecified atom stereocenters. The molecule has 0 spiro atoms. The van der Waals surface area contributed by atoms with E-state index in [4.69, 9.17) is 9.47 Å². The van der Waals surface area contributed by atoms with Crippen molar-refractivity contribution in [1.29, 1.82) is 0 Å². The van der Waals surface area contributed by atoms with Gasteiger partial charge in [0.15, 0.2) is 11.5 Å². The molecule has 2 aromatic rings. The maximum atomic E-state index is 12.2. The Bertz CT molecular complexity index is 866. The van der Waals surface area contributed by atoms with Crippen molar-refractivity contribution in [1.82, 2.24) is 4.90 Å². The fraction of sp³-hybridized carbons (Fsp3) is 0.348. The van der Waals surface area contributed by atoms with Crippen molar-refractivity contribution < 1.29 is 19.4 Å². The van der Waals surface area contributed by atoms with E-state index in [2.05, 4.69) is 17.3 Å². The third kappa shape index (κ3) is 6.26. The van der Waals surface area contributed by atoms with Gasteiger partial charge in [-0.05, 0) is 62.3 Å². The Morgan fingerprint density at radius 3 is 2.93 bits per heavy atom. The van der Waals surface area contributed by atoms with Crippen LogP contribution in [0.25, 0.3) is 6.08 Å². The van der Waals surface area contributed by atoms with E-state index in [9.17, 15) is 9.90 Å². The van der Waals surface area contributed by atoms with Crippen LogP contribution in [-0.2, 0) is 4.79 Å². The van der Waals surface area contributed by atoms with Crippen LogP contribution in [0, 0.1) is 5.92 Å². The smallest absolute Gasteiger partial charge is 0.248 e. The standard InChI is InChI=1S/C23H28N2O4/c1-25-12-4-5-18(15-25)16-29-20-7-3-6-19(14-20)24-23(27)11-9-17-8-10-22(28-2)21(26)13-17/h3,6-11,13-14,18,26H,4-5,12,15-16H2,1-2H3,(H,24,27). The molecule has 1 amide bonds. The van der Waals surface area contributed by atoms with Gasteiger partial charge in [0, 0.05) is 30.3 Å². The summed E-state index contributed by atoms with van der Waals surface area (Å²) < 4.78 is 11.0. The molecule has 2 N–H and O–H groups in total. The summed E-state index contributed by atoms with van der Waals surface area (Å²) in [5.74, 6) is 1.45. The number of anilines is 1. The number of carbonyl (C=O) groups excluding carboxylic acids is 1. The van der Waals surface area contributed by atoms with Gasteiger partial charge in [-0.1, -0.05) is 12.1 Å². The Morgan fingerprint density at radius 2 is 2.17 bits per heavy atom. The lowest BCUT2D eigenvalue weighted by Crippen LogP contribution is -2.34. The summed E-state index contributed by atoms with van der Waals surface area (Å²) in [6, 6.07) is 12.4. The average molecular weight is 396 g/mol. The molecule has 1 fully saturated rings. The van der Waals surface area contributed by atoms with E-state index in [1.807, 2.05) is 24.3 Å². The van der Waals surface area contributed by atoms with Crippen molar-refractivity contribution in [3.63, 3.8) is 0 Å². The van der Waals surface area contributed by atoms with Crippen molar-refractivity contribution in [3.8, 4) is 17.2 Å². The Kier molecular flexibility index (Phi) is 7.14. The highest BCUT2D eigenvalue weighted by molar-refractivity contribution is 6.02. The number of nitrogens with one attached hydrogen (secondary N) is 1. The van der Waals surface area contributed by atoms with Gasteiger partial charge in [0.1, 0.15) is 5.75 Å². The van der Waals surface area contributed by atoms with Gasteiger partial charge in [0.25, 0.3) is 0 Å². The first kappa shape index (κ1) is 20.7. The second-order valence-corrected chi connectivity index (χ2v) is 7.36. The van der Waals surface area contributed by atoms with Gasteiger partial charge >= 0.3 is 0 Å². The van der Waals surface area contributed by atoms with Crippen LogP contribution in [0.2, 0.25) is 0 Å². The first-order valence-corrected chi connectivity index (χ1v) is 9.81. The minimum absolute atomic E-state index is 0.0315. The van der Waals surface area contributed by atoms with E-state index >= 15 is 0 Å². The van der Waals surface area contributed by atoms with E-state index in [-0.39, 0.29) is 11.7 Å². The molecule has 29 heavy (non-hydrogen) atoms. The Labute approximate surface area is 171 Å². The molecule has 0 bridgehead atoms. The zero-order valence-corrected chi connectivity index (χ0v) is 16.9. The van der Waals surface area contributed by atoms with Crippen LogP contribution >= 0.6 is 0 Å². The van der Waals surface area contributed by atoms with E-state index in [1.165, 1.54) is 26.0 Å². The molecule has 0 saturated carbocycles. The number of carbonyl (C=O) groups is 1. The first-order valence-electron chi connectivity index (χ1n) is 9.81. The van der Waals surface area contributed by atoms with Gasteiger partial charge in [-0.15, -0.1) is 0 Å². The monoisotopic (exact) mass is 396 g/mol. The molecular formula is C23H28N2O4. The van der Waals surface area contributed by atoms with Gasteiger partial charge in [-0.3, -0.25) is 4.79 Å². The second kappa shape index (κ2) is 9.98. The molecule has 1 saturated heterocycles. The summed E-state index contributed by atoms with van der Waals surface area (Å²) in [7, 11) is 3.63. The van der Waals surface area contributed by atoms with Gasteiger partial charge < -0.3 is 24.8 Å². The molecule has 6 heteroatoms. The SMILES string of the molecule is COc1ccc(C=CC(=O)Nc2cccc(OCC3CCCN(C)C3)c2)cc1O. The average Bonchev–Trinajstić information content (AvgIpc) is 2.71.